The highest BCUT2D eigenvalue weighted by Crippen LogP contribution is 2.29. The van der Waals surface area contributed by atoms with Gasteiger partial charge >= 0.3 is 12.1 Å². The van der Waals surface area contributed by atoms with Crippen molar-refractivity contribution in [2.24, 2.45) is 0 Å². The van der Waals surface area contributed by atoms with Crippen molar-refractivity contribution in [3.8, 4) is 0 Å². The molecule has 2 aromatic rings. The van der Waals surface area contributed by atoms with E-state index in [2.05, 4.69) is 5.32 Å². The minimum absolute atomic E-state index is 0.0219. The molecule has 0 aliphatic heterocycles. The number of halogens is 1. The predicted octanol–water partition coefficient (Wildman–Crippen LogP) is 2.75. The van der Waals surface area contributed by atoms with Crippen LogP contribution in [0.1, 0.15) is 34.0 Å². The van der Waals surface area contributed by atoms with E-state index in [0.717, 1.165) is 5.56 Å². The first-order valence-corrected chi connectivity index (χ1v) is 8.60. The quantitative estimate of drug-likeness (QED) is 0.548. The number of carboxylic acids is 1. The number of rotatable bonds is 8. The Bertz CT molecular complexity index is 783. The summed E-state index contributed by atoms with van der Waals surface area (Å²) in [5.41, 5.74) is 0.582. The van der Waals surface area contributed by atoms with Gasteiger partial charge in [-0.2, -0.15) is 0 Å². The van der Waals surface area contributed by atoms with Gasteiger partial charge in [0.25, 0.3) is 0 Å². The number of aliphatic hydroxyl groups excluding tert-OH is 2. The zero-order valence-corrected chi connectivity index (χ0v) is 15.1. The highest BCUT2D eigenvalue weighted by atomic mass is 35.5. The lowest BCUT2D eigenvalue weighted by Crippen LogP contribution is -2.30. The maximum Gasteiger partial charge on any atom is 0.407 e. The summed E-state index contributed by atoms with van der Waals surface area (Å²) in [6, 6.07) is 13.3. The number of amides is 1. The largest absolute Gasteiger partial charge is 0.478 e. The minimum Gasteiger partial charge on any atom is -0.478 e. The SMILES string of the molecule is O=C(NCCC(O)C(O)c1c(Cl)cccc1C(=O)O)OCc1ccccc1. The molecule has 2 aromatic carbocycles. The fourth-order valence-electron chi connectivity index (χ4n) is 2.47. The molecule has 0 aliphatic rings. The van der Waals surface area contributed by atoms with Crippen molar-refractivity contribution in [1.29, 1.82) is 0 Å². The van der Waals surface area contributed by atoms with E-state index in [4.69, 9.17) is 16.3 Å². The van der Waals surface area contributed by atoms with Crippen molar-refractivity contribution in [1.82, 2.24) is 5.32 Å². The Morgan fingerprint density at radius 2 is 1.78 bits per heavy atom. The molecule has 2 atom stereocenters. The van der Waals surface area contributed by atoms with Crippen LogP contribution in [0, 0.1) is 0 Å². The molecule has 0 saturated heterocycles. The number of hydrogen-bond acceptors (Lipinski definition) is 5. The van der Waals surface area contributed by atoms with Gasteiger partial charge in [-0.3, -0.25) is 0 Å². The molecule has 2 rings (SSSR count). The van der Waals surface area contributed by atoms with Gasteiger partial charge in [0.15, 0.2) is 0 Å². The van der Waals surface area contributed by atoms with Crippen molar-refractivity contribution >= 4 is 23.7 Å². The van der Waals surface area contributed by atoms with Crippen LogP contribution >= 0.6 is 11.6 Å². The summed E-state index contributed by atoms with van der Waals surface area (Å²) < 4.78 is 5.03. The van der Waals surface area contributed by atoms with E-state index in [0.29, 0.717) is 0 Å². The standard InChI is InChI=1S/C19H20ClNO6/c20-14-8-4-7-13(18(24)25)16(14)17(23)15(22)9-10-21-19(26)27-11-12-5-2-1-3-6-12/h1-8,15,17,22-23H,9-11H2,(H,21,26)(H,24,25). The molecule has 0 fully saturated rings. The van der Waals surface area contributed by atoms with E-state index >= 15 is 0 Å². The number of carbonyl (C=O) groups is 2. The van der Waals surface area contributed by atoms with Crippen molar-refractivity contribution < 1.29 is 29.6 Å². The molecule has 1 amide bonds. The average Bonchev–Trinajstić information content (AvgIpc) is 2.66. The second kappa shape index (κ2) is 9.91. The van der Waals surface area contributed by atoms with Gasteiger partial charge in [0.2, 0.25) is 0 Å². The Morgan fingerprint density at radius 3 is 2.44 bits per heavy atom. The second-order valence-corrected chi connectivity index (χ2v) is 6.20. The van der Waals surface area contributed by atoms with Crippen LogP contribution in [0.15, 0.2) is 48.5 Å². The number of alkyl carbamates (subject to hydrolysis) is 1. The molecule has 0 saturated carbocycles. The minimum atomic E-state index is -1.51. The van der Waals surface area contributed by atoms with E-state index in [1.807, 2.05) is 30.3 Å². The summed E-state index contributed by atoms with van der Waals surface area (Å²) in [6.07, 6.45) is -3.51. The maximum atomic E-state index is 11.7. The summed E-state index contributed by atoms with van der Waals surface area (Å²) in [5, 5.41) is 32.1. The van der Waals surface area contributed by atoms with E-state index in [1.165, 1.54) is 18.2 Å². The molecule has 0 radical (unpaired) electrons. The number of aromatic carboxylic acids is 1. The third-order valence-corrected chi connectivity index (χ3v) is 4.20. The molecule has 0 bridgehead atoms. The molecule has 8 heteroatoms. The van der Waals surface area contributed by atoms with Crippen molar-refractivity contribution in [3.05, 3.63) is 70.2 Å². The van der Waals surface area contributed by atoms with Gasteiger partial charge in [0, 0.05) is 17.1 Å². The Labute approximate surface area is 161 Å². The number of aliphatic hydroxyl groups is 2. The summed E-state index contributed by atoms with van der Waals surface area (Å²) in [7, 11) is 0. The Morgan fingerprint density at radius 1 is 1.07 bits per heavy atom. The number of nitrogens with one attached hydrogen (secondary N) is 1. The predicted molar refractivity (Wildman–Crippen MR) is 98.6 cm³/mol. The van der Waals surface area contributed by atoms with Gasteiger partial charge in [-0.1, -0.05) is 48.0 Å². The molecular formula is C19H20ClNO6. The molecule has 0 spiro atoms. The van der Waals surface area contributed by atoms with Crippen LogP contribution in [0.3, 0.4) is 0 Å². The lowest BCUT2D eigenvalue weighted by atomic mass is 9.97. The topological polar surface area (TPSA) is 116 Å². The molecule has 0 heterocycles. The monoisotopic (exact) mass is 393 g/mol. The highest BCUT2D eigenvalue weighted by molar-refractivity contribution is 6.31. The van der Waals surface area contributed by atoms with E-state index < -0.39 is 24.3 Å². The lowest BCUT2D eigenvalue weighted by Gasteiger charge is -2.21. The highest BCUT2D eigenvalue weighted by Gasteiger charge is 2.26. The van der Waals surface area contributed by atoms with Crippen LogP contribution in [-0.2, 0) is 11.3 Å². The first-order chi connectivity index (χ1) is 12.9. The summed E-state index contributed by atoms with van der Waals surface area (Å²) in [4.78, 5) is 22.9. The van der Waals surface area contributed by atoms with Crippen LogP contribution in [-0.4, -0.2) is 40.0 Å². The van der Waals surface area contributed by atoms with E-state index in [1.54, 1.807) is 0 Å². The zero-order valence-electron chi connectivity index (χ0n) is 14.3. The van der Waals surface area contributed by atoms with Gasteiger partial charge in [-0.15, -0.1) is 0 Å². The number of benzene rings is 2. The third kappa shape index (κ3) is 5.96. The van der Waals surface area contributed by atoms with Gasteiger partial charge in [-0.05, 0) is 24.1 Å². The summed E-state index contributed by atoms with van der Waals surface area (Å²) in [5.74, 6) is -1.26. The van der Waals surface area contributed by atoms with Gasteiger partial charge in [0.05, 0.1) is 11.7 Å². The van der Waals surface area contributed by atoms with Crippen LogP contribution < -0.4 is 5.32 Å². The van der Waals surface area contributed by atoms with Crippen molar-refractivity contribution in [2.45, 2.75) is 25.2 Å². The number of carbonyl (C=O) groups excluding carboxylic acids is 1. The molecule has 4 N–H and O–H groups in total. The lowest BCUT2D eigenvalue weighted by molar-refractivity contribution is 0.0128. The summed E-state index contributed by atoms with van der Waals surface area (Å²) >= 11 is 5.97. The summed E-state index contributed by atoms with van der Waals surface area (Å²) in [6.45, 7) is 0.137. The zero-order chi connectivity index (χ0) is 19.8. The fourth-order valence-corrected chi connectivity index (χ4v) is 2.76. The molecule has 2 unspecified atom stereocenters. The molecule has 7 nitrogen and oxygen atoms in total. The van der Waals surface area contributed by atoms with Crippen molar-refractivity contribution in [3.63, 3.8) is 0 Å². The smallest absolute Gasteiger partial charge is 0.407 e. The number of ether oxygens (including phenoxy) is 1. The van der Waals surface area contributed by atoms with Crippen molar-refractivity contribution in [2.75, 3.05) is 6.54 Å². The van der Waals surface area contributed by atoms with Crippen LogP contribution in [0.5, 0.6) is 0 Å². The Balaban J connectivity index is 1.84. The number of hydrogen-bond donors (Lipinski definition) is 4. The third-order valence-electron chi connectivity index (χ3n) is 3.87. The number of carboxylic acid groups (broad SMARTS) is 1. The molecule has 144 valence electrons. The Hall–Kier alpha value is -2.61. The normalized spacial score (nSPS) is 12.9. The fraction of sp³-hybridized carbons (Fsp3) is 0.263. The maximum absolute atomic E-state index is 11.7. The second-order valence-electron chi connectivity index (χ2n) is 5.80. The first kappa shape index (κ1) is 20.7. The molecule has 27 heavy (non-hydrogen) atoms. The van der Waals surface area contributed by atoms with Crippen LogP contribution in [0.4, 0.5) is 4.79 Å². The van der Waals surface area contributed by atoms with Gasteiger partial charge < -0.3 is 25.4 Å². The molecule has 0 aromatic heterocycles. The van der Waals surface area contributed by atoms with Crippen LogP contribution in [0.2, 0.25) is 5.02 Å². The molecule has 0 aliphatic carbocycles. The van der Waals surface area contributed by atoms with E-state index in [9.17, 15) is 24.9 Å². The Kier molecular flexibility index (Phi) is 7.60. The van der Waals surface area contributed by atoms with E-state index in [-0.39, 0.29) is 35.7 Å². The van der Waals surface area contributed by atoms with Crippen LogP contribution in [0.25, 0.3) is 0 Å². The average molecular weight is 394 g/mol. The van der Waals surface area contributed by atoms with Gasteiger partial charge in [0.1, 0.15) is 12.7 Å². The first-order valence-electron chi connectivity index (χ1n) is 8.22. The van der Waals surface area contributed by atoms with Gasteiger partial charge in [-0.25, -0.2) is 9.59 Å². The molecular weight excluding hydrogens is 374 g/mol.